The van der Waals surface area contributed by atoms with E-state index in [2.05, 4.69) is 24.9 Å². The first-order valence-corrected chi connectivity index (χ1v) is 12.5. The number of pyridine rings is 1. The van der Waals surface area contributed by atoms with Crippen molar-refractivity contribution in [3.8, 4) is 17.1 Å². The van der Waals surface area contributed by atoms with Gasteiger partial charge in [-0.15, -0.1) is 0 Å². The van der Waals surface area contributed by atoms with E-state index in [-0.39, 0.29) is 12.5 Å². The second kappa shape index (κ2) is 9.79. The first kappa shape index (κ1) is 22.3. The molecule has 0 radical (unpaired) electrons. The molecule has 0 spiro atoms. The van der Waals surface area contributed by atoms with Gasteiger partial charge < -0.3 is 20.4 Å². The van der Waals surface area contributed by atoms with Gasteiger partial charge in [-0.1, -0.05) is 23.5 Å². The van der Waals surface area contributed by atoms with E-state index >= 15 is 0 Å². The molecule has 1 aliphatic heterocycles. The summed E-state index contributed by atoms with van der Waals surface area (Å²) in [6, 6.07) is 7.80. The fourth-order valence-corrected chi connectivity index (χ4v) is 5.21. The molecule has 1 saturated heterocycles. The normalized spacial score (nSPS) is 17.3. The number of fused-ring (bicyclic) bond motifs is 1. The van der Waals surface area contributed by atoms with Crippen molar-refractivity contribution in [3.05, 3.63) is 35.5 Å². The molecular weight excluding hydrogens is 460 g/mol. The van der Waals surface area contributed by atoms with Gasteiger partial charge in [-0.2, -0.15) is 0 Å². The highest BCUT2D eigenvalue weighted by Crippen LogP contribution is 2.38. The summed E-state index contributed by atoms with van der Waals surface area (Å²) < 4.78 is 7.98. The molecule has 10 heteroatoms. The summed E-state index contributed by atoms with van der Waals surface area (Å²) in [6.07, 6.45) is 6.55. The lowest BCUT2D eigenvalue weighted by Gasteiger charge is -2.32. The Kier molecular flexibility index (Phi) is 6.62. The molecule has 0 unspecified atom stereocenters. The highest BCUT2D eigenvalue weighted by molar-refractivity contribution is 7.97. The van der Waals surface area contributed by atoms with Crippen molar-refractivity contribution in [3.63, 3.8) is 0 Å². The number of hydrogen-bond acceptors (Lipinski definition) is 7. The molecule has 2 aromatic heterocycles. The van der Waals surface area contributed by atoms with Gasteiger partial charge in [0.25, 0.3) is 5.91 Å². The third-order valence-corrected chi connectivity index (χ3v) is 7.59. The summed E-state index contributed by atoms with van der Waals surface area (Å²) in [5.74, 6) is 1.15. The predicted molar refractivity (Wildman–Crippen MR) is 133 cm³/mol. The van der Waals surface area contributed by atoms with Gasteiger partial charge in [0.05, 0.1) is 16.9 Å². The Morgan fingerprint density at radius 3 is 2.70 bits per heavy atom. The highest BCUT2D eigenvalue weighted by atomic mass is 35.5. The summed E-state index contributed by atoms with van der Waals surface area (Å²) in [7, 11) is 1.58. The zero-order valence-corrected chi connectivity index (χ0v) is 20.0. The lowest BCUT2D eigenvalue weighted by atomic mass is 10.1. The van der Waals surface area contributed by atoms with Crippen LogP contribution in [0.1, 0.15) is 25.7 Å². The van der Waals surface area contributed by atoms with Crippen LogP contribution in [-0.2, 0) is 4.79 Å². The number of halogens is 1. The van der Waals surface area contributed by atoms with E-state index in [9.17, 15) is 4.79 Å². The van der Waals surface area contributed by atoms with Crippen LogP contribution in [0.25, 0.3) is 22.6 Å². The van der Waals surface area contributed by atoms with Crippen LogP contribution < -0.4 is 15.4 Å². The van der Waals surface area contributed by atoms with Crippen LogP contribution >= 0.6 is 23.5 Å². The van der Waals surface area contributed by atoms with E-state index in [1.165, 1.54) is 12.8 Å². The summed E-state index contributed by atoms with van der Waals surface area (Å²) in [5.41, 5.74) is 3.17. The Labute approximate surface area is 202 Å². The molecule has 3 heterocycles. The Balaban J connectivity index is 1.29. The number of aromatic nitrogens is 3. The number of rotatable bonds is 8. The van der Waals surface area contributed by atoms with Gasteiger partial charge in [0.15, 0.2) is 12.3 Å². The van der Waals surface area contributed by atoms with E-state index in [4.69, 9.17) is 21.3 Å². The van der Waals surface area contributed by atoms with Crippen molar-refractivity contribution in [2.24, 2.45) is 0 Å². The quantitative estimate of drug-likeness (QED) is 0.413. The molecule has 1 amide bonds. The number of carbonyl (C=O) groups is 1. The Morgan fingerprint density at radius 2 is 2.00 bits per heavy atom. The number of likely N-dealkylation sites (N-methyl/N-ethyl adjacent to an activating group) is 1. The fraction of sp³-hybridized carbons (Fsp3) is 0.435. The van der Waals surface area contributed by atoms with Gasteiger partial charge in [0.1, 0.15) is 17.1 Å². The number of anilines is 1. The van der Waals surface area contributed by atoms with Gasteiger partial charge in [-0.05, 0) is 49.9 Å². The smallest absolute Gasteiger partial charge is 0.257 e. The van der Waals surface area contributed by atoms with E-state index in [0.717, 1.165) is 47.9 Å². The molecule has 3 N–H and O–H groups in total. The molecule has 1 saturated carbocycles. The first-order chi connectivity index (χ1) is 16.1. The number of hydrogen-bond donors (Lipinski definition) is 3. The Morgan fingerprint density at radius 1 is 1.24 bits per heavy atom. The van der Waals surface area contributed by atoms with E-state index < -0.39 is 0 Å². The van der Waals surface area contributed by atoms with E-state index in [0.29, 0.717) is 28.3 Å². The summed E-state index contributed by atoms with van der Waals surface area (Å²) >= 11 is 8.57. The number of aromatic amines is 1. The number of H-pyrrole nitrogens is 1. The maximum absolute atomic E-state index is 11.4. The molecule has 0 atom stereocenters. The third kappa shape index (κ3) is 5.37. The molecule has 1 aliphatic carbocycles. The molecule has 5 rings (SSSR count). The maximum Gasteiger partial charge on any atom is 0.257 e. The van der Waals surface area contributed by atoms with Gasteiger partial charge >= 0.3 is 0 Å². The van der Waals surface area contributed by atoms with Gasteiger partial charge in [-0.25, -0.2) is 9.97 Å². The number of benzene rings is 1. The number of piperidine rings is 1. The second-order valence-electron chi connectivity index (χ2n) is 8.40. The molecule has 1 aromatic carbocycles. The fourth-order valence-electron chi connectivity index (χ4n) is 3.83. The van der Waals surface area contributed by atoms with Crippen molar-refractivity contribution in [1.82, 2.24) is 24.6 Å². The lowest BCUT2D eigenvalue weighted by molar-refractivity contribution is -0.122. The number of carbonyl (C=O) groups excluding carboxylic acids is 1. The minimum absolute atomic E-state index is 0.0177. The average Bonchev–Trinajstić information content (AvgIpc) is 3.55. The molecule has 2 aliphatic rings. The van der Waals surface area contributed by atoms with Crippen molar-refractivity contribution in [2.45, 2.75) is 37.0 Å². The van der Waals surface area contributed by atoms with Crippen molar-refractivity contribution in [2.75, 3.05) is 32.1 Å². The molecule has 0 bridgehead atoms. The molecule has 33 heavy (non-hydrogen) atoms. The van der Waals surface area contributed by atoms with Crippen molar-refractivity contribution >= 4 is 46.3 Å². The van der Waals surface area contributed by atoms with Gasteiger partial charge in [0.2, 0.25) is 0 Å². The Bertz CT molecular complexity index is 1130. The highest BCUT2D eigenvalue weighted by Gasteiger charge is 2.28. The van der Waals surface area contributed by atoms with Crippen LogP contribution in [0.2, 0.25) is 5.02 Å². The number of nitrogens with one attached hydrogen (secondary N) is 3. The number of imidazole rings is 1. The predicted octanol–water partition coefficient (Wildman–Crippen LogP) is 4.09. The number of amides is 1. The largest absolute Gasteiger partial charge is 0.484 e. The van der Waals surface area contributed by atoms with Crippen LogP contribution in [0, 0.1) is 0 Å². The standard InChI is InChI=1S/C23H27ClN6O2S/c1-25-19(31)13-32-16-4-2-14(3-5-16)22-28-21-20(18(24)12-26-23(21)29-22)27-15-8-10-30(11-9-15)33-17-6-7-17/h2-5,12,15,17H,6-11,13H2,1H3,(H,25,31)(H2,26,27,28,29). The monoisotopic (exact) mass is 486 g/mol. The van der Waals surface area contributed by atoms with E-state index in [1.54, 1.807) is 13.2 Å². The van der Waals surface area contributed by atoms with Crippen LogP contribution in [0.5, 0.6) is 5.75 Å². The van der Waals surface area contributed by atoms with Crippen LogP contribution in [0.4, 0.5) is 5.69 Å². The SMILES string of the molecule is CNC(=O)COc1ccc(-c2nc3c(NC4CCN(SC5CC5)CC4)c(Cl)cnc3[nH]2)cc1. The number of nitrogens with zero attached hydrogens (tertiary/aromatic N) is 3. The molecule has 174 valence electrons. The summed E-state index contributed by atoms with van der Waals surface area (Å²) in [4.78, 5) is 23.9. The zero-order chi connectivity index (χ0) is 22.8. The maximum atomic E-state index is 11.4. The van der Waals surface area contributed by atoms with Crippen molar-refractivity contribution in [1.29, 1.82) is 0 Å². The van der Waals surface area contributed by atoms with Crippen LogP contribution in [0.3, 0.4) is 0 Å². The molecule has 3 aromatic rings. The van der Waals surface area contributed by atoms with Gasteiger partial charge in [0, 0.05) is 37.0 Å². The zero-order valence-electron chi connectivity index (χ0n) is 18.4. The minimum Gasteiger partial charge on any atom is -0.484 e. The molecule has 2 fully saturated rings. The van der Waals surface area contributed by atoms with Crippen LogP contribution in [-0.4, -0.2) is 63.2 Å². The minimum atomic E-state index is -0.174. The number of ether oxygens (including phenoxy) is 1. The molecule has 8 nitrogen and oxygen atoms in total. The van der Waals surface area contributed by atoms with E-state index in [1.807, 2.05) is 36.2 Å². The summed E-state index contributed by atoms with van der Waals surface area (Å²) in [6.45, 7) is 2.16. The van der Waals surface area contributed by atoms with Crippen molar-refractivity contribution < 1.29 is 9.53 Å². The lowest BCUT2D eigenvalue weighted by Crippen LogP contribution is -2.36. The Hall–Kier alpha value is -2.49. The second-order valence-corrected chi connectivity index (χ2v) is 10.2. The summed E-state index contributed by atoms with van der Waals surface area (Å²) in [5, 5.41) is 7.60. The topological polar surface area (TPSA) is 95.2 Å². The first-order valence-electron chi connectivity index (χ1n) is 11.3. The average molecular weight is 487 g/mol. The molecular formula is C23H27ClN6O2S. The third-order valence-electron chi connectivity index (χ3n) is 5.87. The van der Waals surface area contributed by atoms with Gasteiger partial charge in [-0.3, -0.25) is 9.10 Å². The van der Waals surface area contributed by atoms with Crippen LogP contribution in [0.15, 0.2) is 30.5 Å².